The predicted molar refractivity (Wildman–Crippen MR) is 136 cm³/mol. The largest absolute Gasteiger partial charge is 0.508 e. The third-order valence-corrected chi connectivity index (χ3v) is 6.41. The summed E-state index contributed by atoms with van der Waals surface area (Å²) in [7, 11) is 0. The van der Waals surface area contributed by atoms with Gasteiger partial charge in [-0.15, -0.1) is 0 Å². The Hall–Kier alpha value is -4.33. The molecule has 0 saturated heterocycles. The van der Waals surface area contributed by atoms with Gasteiger partial charge in [-0.3, -0.25) is 4.79 Å². The van der Waals surface area contributed by atoms with Gasteiger partial charge in [0.25, 0.3) is 5.91 Å². The Bertz CT molecular complexity index is 1450. The van der Waals surface area contributed by atoms with E-state index < -0.39 is 0 Å². The maximum atomic E-state index is 14.0. The van der Waals surface area contributed by atoms with Crippen molar-refractivity contribution in [1.29, 1.82) is 0 Å². The van der Waals surface area contributed by atoms with Gasteiger partial charge in [0.2, 0.25) is 0 Å². The molecule has 0 atom stereocenters. The Labute approximate surface area is 208 Å². The van der Waals surface area contributed by atoms with E-state index in [1.807, 2.05) is 45.0 Å². The monoisotopic (exact) mass is 486 g/mol. The van der Waals surface area contributed by atoms with Crippen LogP contribution in [0.4, 0.5) is 15.9 Å². The summed E-state index contributed by atoms with van der Waals surface area (Å²) in [5, 5.41) is 28.8. The van der Waals surface area contributed by atoms with Crippen LogP contribution in [-0.4, -0.2) is 30.8 Å². The number of amides is 1. The molecule has 3 aromatic carbocycles. The normalized spacial score (nSPS) is 12.8. The van der Waals surface area contributed by atoms with Gasteiger partial charge in [0, 0.05) is 42.9 Å². The van der Waals surface area contributed by atoms with Crippen molar-refractivity contribution in [2.75, 3.05) is 5.32 Å². The molecule has 1 aliphatic rings. The van der Waals surface area contributed by atoms with Crippen LogP contribution in [0.25, 0.3) is 11.3 Å². The van der Waals surface area contributed by atoms with Crippen LogP contribution in [0.1, 0.15) is 46.9 Å². The van der Waals surface area contributed by atoms with Gasteiger partial charge < -0.3 is 20.4 Å². The fourth-order valence-electron chi connectivity index (χ4n) is 4.59. The summed E-state index contributed by atoms with van der Waals surface area (Å²) in [6.45, 7) is 6.65. The molecule has 184 valence electrons. The molecule has 0 unspecified atom stereocenters. The van der Waals surface area contributed by atoms with Crippen LogP contribution in [0.2, 0.25) is 0 Å². The molecule has 1 aliphatic heterocycles. The maximum absolute atomic E-state index is 14.0. The fraction of sp³-hybridized carbons (Fsp3) is 0.214. The third kappa shape index (κ3) is 4.26. The highest BCUT2D eigenvalue weighted by atomic mass is 19.1. The van der Waals surface area contributed by atoms with Crippen LogP contribution < -0.4 is 5.32 Å². The Morgan fingerprint density at radius 3 is 2.39 bits per heavy atom. The summed E-state index contributed by atoms with van der Waals surface area (Å²) in [5.41, 5.74) is 4.52. The first kappa shape index (κ1) is 23.4. The van der Waals surface area contributed by atoms with Gasteiger partial charge in [-0.05, 0) is 49.6 Å². The van der Waals surface area contributed by atoms with Gasteiger partial charge in [-0.25, -0.2) is 9.07 Å². The number of aromatic nitrogens is 2. The number of anilines is 2. The molecule has 7 nitrogen and oxygen atoms in total. The summed E-state index contributed by atoms with van der Waals surface area (Å²) in [5.74, 6) is -0.694. The molecule has 3 N–H and O–H groups in total. The second-order valence-corrected chi connectivity index (χ2v) is 9.35. The van der Waals surface area contributed by atoms with E-state index in [4.69, 9.17) is 0 Å². The van der Waals surface area contributed by atoms with Crippen molar-refractivity contribution >= 4 is 17.4 Å². The minimum Gasteiger partial charge on any atom is -0.508 e. The quantitative estimate of drug-likeness (QED) is 0.327. The van der Waals surface area contributed by atoms with Gasteiger partial charge in [0.05, 0.1) is 11.4 Å². The first-order valence-corrected chi connectivity index (χ1v) is 11.8. The molecule has 1 aromatic heterocycles. The van der Waals surface area contributed by atoms with Crippen molar-refractivity contribution in [2.45, 2.75) is 39.9 Å². The van der Waals surface area contributed by atoms with Crippen molar-refractivity contribution in [3.8, 4) is 22.8 Å². The first-order valence-electron chi connectivity index (χ1n) is 11.8. The van der Waals surface area contributed by atoms with Gasteiger partial charge in [-0.2, -0.15) is 5.10 Å². The molecular weight excluding hydrogens is 459 g/mol. The van der Waals surface area contributed by atoms with Gasteiger partial charge in [-0.1, -0.05) is 30.3 Å². The number of benzene rings is 3. The SMILES string of the molecule is Cc1ccc(F)cc1-c1cc(Nc2cc(O)cc(O)c2C(=O)N2Cc3ccccc3C2)n(C(C)C)n1. The minimum absolute atomic E-state index is 0.0561. The van der Waals surface area contributed by atoms with E-state index in [9.17, 15) is 19.4 Å². The molecule has 5 rings (SSSR count). The Morgan fingerprint density at radius 2 is 1.72 bits per heavy atom. The molecule has 36 heavy (non-hydrogen) atoms. The lowest BCUT2D eigenvalue weighted by molar-refractivity contribution is 0.0749. The van der Waals surface area contributed by atoms with E-state index in [0.29, 0.717) is 30.2 Å². The highest BCUT2D eigenvalue weighted by Gasteiger charge is 2.29. The number of rotatable bonds is 5. The average Bonchev–Trinajstić information content (AvgIpc) is 3.44. The number of halogens is 1. The van der Waals surface area contributed by atoms with Crippen LogP contribution in [-0.2, 0) is 13.1 Å². The molecule has 2 heterocycles. The lowest BCUT2D eigenvalue weighted by Gasteiger charge is -2.20. The number of carbonyl (C=O) groups is 1. The van der Waals surface area contributed by atoms with Crippen molar-refractivity contribution in [2.24, 2.45) is 0 Å². The Balaban J connectivity index is 1.54. The van der Waals surface area contributed by atoms with Crippen LogP contribution >= 0.6 is 0 Å². The second-order valence-electron chi connectivity index (χ2n) is 9.35. The number of aromatic hydroxyl groups is 2. The zero-order chi connectivity index (χ0) is 25.6. The van der Waals surface area contributed by atoms with Crippen LogP contribution in [0.5, 0.6) is 11.5 Å². The molecule has 0 radical (unpaired) electrons. The van der Waals surface area contributed by atoms with Gasteiger partial charge in [0.1, 0.15) is 28.7 Å². The number of carbonyl (C=O) groups excluding carboxylic acids is 1. The van der Waals surface area contributed by atoms with E-state index in [0.717, 1.165) is 22.8 Å². The van der Waals surface area contributed by atoms with Crippen LogP contribution in [0.3, 0.4) is 0 Å². The van der Waals surface area contributed by atoms with E-state index >= 15 is 0 Å². The molecule has 8 heteroatoms. The van der Waals surface area contributed by atoms with E-state index in [-0.39, 0.29) is 40.5 Å². The average molecular weight is 487 g/mol. The van der Waals surface area contributed by atoms with Gasteiger partial charge >= 0.3 is 0 Å². The number of fused-ring (bicyclic) bond motifs is 1. The Morgan fingerprint density at radius 1 is 1.03 bits per heavy atom. The molecule has 0 bridgehead atoms. The van der Waals surface area contributed by atoms with E-state index in [2.05, 4.69) is 10.4 Å². The van der Waals surface area contributed by atoms with Crippen molar-refractivity contribution in [3.63, 3.8) is 0 Å². The summed E-state index contributed by atoms with van der Waals surface area (Å²) in [6, 6.07) is 16.6. The third-order valence-electron chi connectivity index (χ3n) is 6.41. The number of hydrogen-bond donors (Lipinski definition) is 3. The second kappa shape index (κ2) is 9.03. The van der Waals surface area contributed by atoms with E-state index in [1.54, 1.807) is 21.7 Å². The lowest BCUT2D eigenvalue weighted by Crippen LogP contribution is -2.26. The molecule has 4 aromatic rings. The molecule has 0 aliphatic carbocycles. The molecule has 0 spiro atoms. The fourth-order valence-corrected chi connectivity index (χ4v) is 4.59. The van der Waals surface area contributed by atoms with Crippen LogP contribution in [0, 0.1) is 12.7 Å². The summed E-state index contributed by atoms with van der Waals surface area (Å²) >= 11 is 0. The van der Waals surface area contributed by atoms with E-state index in [1.165, 1.54) is 18.2 Å². The number of hydrogen-bond acceptors (Lipinski definition) is 5. The van der Waals surface area contributed by atoms with Crippen molar-refractivity contribution in [3.05, 3.63) is 88.7 Å². The number of nitrogens with zero attached hydrogens (tertiary/aromatic N) is 3. The Kier molecular flexibility index (Phi) is 5.88. The topological polar surface area (TPSA) is 90.6 Å². The van der Waals surface area contributed by atoms with Crippen LogP contribution in [0.15, 0.2) is 60.7 Å². The number of aryl methyl sites for hydroxylation is 1. The minimum atomic E-state index is -0.360. The standard InChI is InChI=1S/C28H27FN4O3/c1-16(2)33-26(13-23(31-33)22-10-20(29)9-8-17(22)3)30-24-11-21(34)12-25(35)27(24)28(36)32-14-18-6-4-5-7-19(18)15-32/h4-13,16,30,34-35H,14-15H2,1-3H3. The highest BCUT2D eigenvalue weighted by molar-refractivity contribution is 6.03. The predicted octanol–water partition coefficient (Wildman–Crippen LogP) is 5.89. The summed E-state index contributed by atoms with van der Waals surface area (Å²) < 4.78 is 15.7. The van der Waals surface area contributed by atoms with Crippen molar-refractivity contribution in [1.82, 2.24) is 14.7 Å². The number of phenolic OH excluding ortho intramolecular Hbond substituents is 2. The number of nitrogens with one attached hydrogen (secondary N) is 1. The zero-order valence-electron chi connectivity index (χ0n) is 20.3. The molecule has 0 saturated carbocycles. The van der Waals surface area contributed by atoms with Crippen molar-refractivity contribution < 1.29 is 19.4 Å². The number of phenols is 2. The summed E-state index contributed by atoms with van der Waals surface area (Å²) in [4.78, 5) is 15.2. The lowest BCUT2D eigenvalue weighted by atomic mass is 10.1. The van der Waals surface area contributed by atoms with Gasteiger partial charge in [0.15, 0.2) is 0 Å². The molecular formula is C28H27FN4O3. The maximum Gasteiger partial charge on any atom is 0.260 e. The smallest absolute Gasteiger partial charge is 0.260 e. The highest BCUT2D eigenvalue weighted by Crippen LogP contribution is 2.37. The molecule has 1 amide bonds. The zero-order valence-corrected chi connectivity index (χ0v) is 20.3. The molecule has 0 fully saturated rings. The first-order chi connectivity index (χ1) is 17.2. The summed E-state index contributed by atoms with van der Waals surface area (Å²) in [6.07, 6.45) is 0.